The Morgan fingerprint density at radius 2 is 2.05 bits per heavy atom. The average molecular weight is 269 g/mol. The molecule has 108 valence electrons. The van der Waals surface area contributed by atoms with Crippen LogP contribution in [0.5, 0.6) is 5.75 Å². The van der Waals surface area contributed by atoms with Crippen molar-refractivity contribution in [1.82, 2.24) is 0 Å². The molecule has 5 nitrogen and oxygen atoms in total. The molecule has 0 saturated carbocycles. The minimum atomic E-state index is -0.884. The summed E-state index contributed by atoms with van der Waals surface area (Å²) >= 11 is 0. The van der Waals surface area contributed by atoms with Crippen LogP contribution >= 0.6 is 0 Å². The molecule has 1 aromatic carbocycles. The second kappa shape index (κ2) is 10.8. The molecule has 2 rings (SSSR count). The largest absolute Gasteiger partial charge is 0.495 e. The van der Waals surface area contributed by atoms with Gasteiger partial charge in [-0.15, -0.1) is 0 Å². The Balaban J connectivity index is 0.000000741. The van der Waals surface area contributed by atoms with Gasteiger partial charge in [0.1, 0.15) is 5.75 Å². The molecule has 0 aliphatic carbocycles. The van der Waals surface area contributed by atoms with Crippen LogP contribution in [0.25, 0.3) is 0 Å². The highest BCUT2D eigenvalue weighted by Gasteiger charge is 2.30. The fourth-order valence-electron chi connectivity index (χ4n) is 1.62. The Bertz CT molecular complexity index is 349. The van der Waals surface area contributed by atoms with Crippen molar-refractivity contribution in [3.63, 3.8) is 0 Å². The van der Waals surface area contributed by atoms with Crippen LogP contribution in [0.1, 0.15) is 25.8 Å². The lowest BCUT2D eigenvalue weighted by molar-refractivity contribution is 0.234. The van der Waals surface area contributed by atoms with Gasteiger partial charge in [0.15, 0.2) is 0 Å². The van der Waals surface area contributed by atoms with E-state index in [1.165, 1.54) is 7.05 Å². The summed E-state index contributed by atoms with van der Waals surface area (Å²) in [5, 5.41) is 18.2. The summed E-state index contributed by atoms with van der Waals surface area (Å²) in [6.07, 6.45) is 0.584. The molecular weight excluding hydrogens is 245 g/mol. The standard InChI is InChI=1S/C10H13BO4.C2H6.CH5N/c12-5-2-6-14-9-4-1-3-8-7-15-11(13)10(8)9;2*1-2/h1,3-4,12-13H,2,5-7H2;1-2H3;2H2,1H3. The first kappa shape index (κ1) is 17.9. The molecule has 4 N–H and O–H groups in total. The fourth-order valence-corrected chi connectivity index (χ4v) is 1.62. The third-order valence-corrected chi connectivity index (χ3v) is 2.36. The van der Waals surface area contributed by atoms with Crippen LogP contribution in [0.2, 0.25) is 0 Å². The van der Waals surface area contributed by atoms with Crippen LogP contribution in [-0.2, 0) is 11.3 Å². The van der Waals surface area contributed by atoms with Gasteiger partial charge in [-0.05, 0) is 18.7 Å². The number of aliphatic hydroxyl groups excluding tert-OH is 1. The topological polar surface area (TPSA) is 84.9 Å². The van der Waals surface area contributed by atoms with Gasteiger partial charge in [0.25, 0.3) is 0 Å². The Morgan fingerprint density at radius 1 is 1.37 bits per heavy atom. The monoisotopic (exact) mass is 269 g/mol. The molecule has 1 aliphatic rings. The first-order valence-corrected chi connectivity index (χ1v) is 6.56. The highest BCUT2D eigenvalue weighted by atomic mass is 16.5. The van der Waals surface area contributed by atoms with Crippen LogP contribution in [0, 0.1) is 0 Å². The summed E-state index contributed by atoms with van der Waals surface area (Å²) in [6.45, 7) is 4.97. The first-order chi connectivity index (χ1) is 9.33. The molecule has 0 bridgehead atoms. The van der Waals surface area contributed by atoms with Gasteiger partial charge in [0.05, 0.1) is 13.2 Å². The van der Waals surface area contributed by atoms with Crippen molar-refractivity contribution in [3.05, 3.63) is 23.8 Å². The van der Waals surface area contributed by atoms with Gasteiger partial charge >= 0.3 is 7.12 Å². The lowest BCUT2D eigenvalue weighted by atomic mass is 9.79. The highest BCUT2D eigenvalue weighted by molar-refractivity contribution is 6.62. The van der Waals surface area contributed by atoms with Crippen LogP contribution < -0.4 is 15.9 Å². The molecule has 1 heterocycles. The maximum atomic E-state index is 9.57. The normalized spacial score (nSPS) is 11.8. The molecule has 0 aromatic heterocycles. The zero-order chi connectivity index (χ0) is 14.7. The Labute approximate surface area is 115 Å². The second-order valence-electron chi connectivity index (χ2n) is 3.42. The number of aliphatic hydroxyl groups is 1. The Hall–Kier alpha value is -1.08. The van der Waals surface area contributed by atoms with E-state index in [0.717, 1.165) is 11.0 Å². The van der Waals surface area contributed by atoms with Gasteiger partial charge in [-0.25, -0.2) is 0 Å². The minimum Gasteiger partial charge on any atom is -0.494 e. The number of benzene rings is 1. The molecule has 0 saturated heterocycles. The van der Waals surface area contributed by atoms with E-state index in [2.05, 4.69) is 5.73 Å². The zero-order valence-corrected chi connectivity index (χ0v) is 11.9. The summed E-state index contributed by atoms with van der Waals surface area (Å²) < 4.78 is 10.6. The molecule has 0 atom stereocenters. The van der Waals surface area contributed by atoms with Gasteiger partial charge in [-0.3, -0.25) is 0 Å². The van der Waals surface area contributed by atoms with Gasteiger partial charge < -0.3 is 25.3 Å². The van der Waals surface area contributed by atoms with Gasteiger partial charge in [-0.2, -0.15) is 0 Å². The highest BCUT2D eigenvalue weighted by Crippen LogP contribution is 2.18. The van der Waals surface area contributed by atoms with Crippen molar-refractivity contribution in [2.45, 2.75) is 26.9 Å². The van der Waals surface area contributed by atoms with Crippen molar-refractivity contribution < 1.29 is 19.5 Å². The number of fused-ring (bicyclic) bond motifs is 1. The molecule has 0 spiro atoms. The fraction of sp³-hybridized carbons (Fsp3) is 0.538. The second-order valence-corrected chi connectivity index (χ2v) is 3.42. The third kappa shape index (κ3) is 5.20. The van der Waals surface area contributed by atoms with Crippen LogP contribution in [0.4, 0.5) is 0 Å². The number of hydrogen-bond donors (Lipinski definition) is 3. The molecule has 6 heteroatoms. The maximum Gasteiger partial charge on any atom is 0.495 e. The van der Waals surface area contributed by atoms with Gasteiger partial charge in [0, 0.05) is 18.5 Å². The van der Waals surface area contributed by atoms with E-state index in [-0.39, 0.29) is 6.61 Å². The molecule has 0 unspecified atom stereocenters. The van der Waals surface area contributed by atoms with E-state index in [0.29, 0.717) is 25.4 Å². The molecule has 0 amide bonds. The van der Waals surface area contributed by atoms with Crippen molar-refractivity contribution in [2.24, 2.45) is 5.73 Å². The molecular formula is C13H24BNO4. The van der Waals surface area contributed by atoms with Gasteiger partial charge in [0.2, 0.25) is 0 Å². The summed E-state index contributed by atoms with van der Waals surface area (Å²) in [5.74, 6) is 0.644. The van der Waals surface area contributed by atoms with Crippen molar-refractivity contribution >= 4 is 12.6 Å². The van der Waals surface area contributed by atoms with Crippen molar-refractivity contribution in [1.29, 1.82) is 0 Å². The van der Waals surface area contributed by atoms with Crippen LogP contribution in [0.3, 0.4) is 0 Å². The van der Waals surface area contributed by atoms with E-state index < -0.39 is 7.12 Å². The number of nitrogens with two attached hydrogens (primary N) is 1. The number of ether oxygens (including phenoxy) is 1. The number of hydrogen-bond acceptors (Lipinski definition) is 5. The Kier molecular flexibility index (Phi) is 10.2. The SMILES string of the molecule is CC.CN.OCCCOc1cccc2c1B(O)OC2. The quantitative estimate of drug-likeness (QED) is 0.539. The van der Waals surface area contributed by atoms with E-state index in [1.807, 2.05) is 26.0 Å². The summed E-state index contributed by atoms with van der Waals surface area (Å²) in [6, 6.07) is 5.58. The first-order valence-electron chi connectivity index (χ1n) is 6.56. The predicted molar refractivity (Wildman–Crippen MR) is 77.5 cm³/mol. The third-order valence-electron chi connectivity index (χ3n) is 2.36. The van der Waals surface area contributed by atoms with Gasteiger partial charge in [-0.1, -0.05) is 26.0 Å². The van der Waals surface area contributed by atoms with Crippen LogP contribution in [0.15, 0.2) is 18.2 Å². The lowest BCUT2D eigenvalue weighted by Crippen LogP contribution is -2.30. The van der Waals surface area contributed by atoms with E-state index in [9.17, 15) is 5.02 Å². The Morgan fingerprint density at radius 3 is 2.68 bits per heavy atom. The van der Waals surface area contributed by atoms with E-state index >= 15 is 0 Å². The molecule has 1 aliphatic heterocycles. The average Bonchev–Trinajstić information content (AvgIpc) is 2.86. The zero-order valence-electron chi connectivity index (χ0n) is 11.9. The molecule has 0 radical (unpaired) electrons. The van der Waals surface area contributed by atoms with E-state index in [1.54, 1.807) is 6.07 Å². The van der Waals surface area contributed by atoms with Crippen molar-refractivity contribution in [3.8, 4) is 5.75 Å². The summed E-state index contributed by atoms with van der Waals surface area (Å²) in [5.41, 5.74) is 6.18. The van der Waals surface area contributed by atoms with Crippen molar-refractivity contribution in [2.75, 3.05) is 20.3 Å². The maximum absolute atomic E-state index is 9.57. The predicted octanol–water partition coefficient (Wildman–Crippen LogP) is 0.267. The summed E-state index contributed by atoms with van der Waals surface area (Å²) in [7, 11) is 0.616. The van der Waals surface area contributed by atoms with Crippen LogP contribution in [-0.4, -0.2) is 37.5 Å². The minimum absolute atomic E-state index is 0.105. The molecule has 0 fully saturated rings. The summed E-state index contributed by atoms with van der Waals surface area (Å²) in [4.78, 5) is 0. The number of rotatable bonds is 4. The molecule has 1 aromatic rings. The van der Waals surface area contributed by atoms with E-state index in [4.69, 9.17) is 14.5 Å². The smallest absolute Gasteiger partial charge is 0.494 e. The lowest BCUT2D eigenvalue weighted by Gasteiger charge is -2.09. The molecule has 19 heavy (non-hydrogen) atoms.